The molecule has 0 bridgehead atoms. The fourth-order valence-corrected chi connectivity index (χ4v) is 5.07. The quantitative estimate of drug-likeness (QED) is 0.803. The molecule has 0 spiro atoms. The maximum atomic E-state index is 13.1. The van der Waals surface area contributed by atoms with Crippen molar-refractivity contribution in [2.45, 2.75) is 57.5 Å². The number of piperazine rings is 1. The molecule has 0 N–H and O–H groups in total. The third-order valence-corrected chi connectivity index (χ3v) is 6.78. The van der Waals surface area contributed by atoms with Gasteiger partial charge in [-0.25, -0.2) is 0 Å². The number of carbonyl (C=O) groups excluding carboxylic acids is 2. The van der Waals surface area contributed by atoms with Crippen LogP contribution < -0.4 is 0 Å². The maximum absolute atomic E-state index is 13.1. The van der Waals surface area contributed by atoms with Crippen LogP contribution in [0.1, 0.15) is 50.5 Å². The third kappa shape index (κ3) is 4.57. The predicted molar refractivity (Wildman–Crippen MR) is 110 cm³/mol. The molecule has 3 fully saturated rings. The Kier molecular flexibility index (Phi) is 6.30. The number of hydrogen-bond donors (Lipinski definition) is 0. The first kappa shape index (κ1) is 19.4. The van der Waals surface area contributed by atoms with Gasteiger partial charge in [0, 0.05) is 45.7 Å². The van der Waals surface area contributed by atoms with Crippen LogP contribution >= 0.6 is 0 Å². The largest absolute Gasteiger partial charge is 0.341 e. The van der Waals surface area contributed by atoms with Crippen LogP contribution in [-0.2, 0) is 16.1 Å². The van der Waals surface area contributed by atoms with Gasteiger partial charge in [0.1, 0.15) is 0 Å². The van der Waals surface area contributed by atoms with Gasteiger partial charge >= 0.3 is 0 Å². The number of carbonyl (C=O) groups is 2. The molecular formula is C23H33N3O2. The van der Waals surface area contributed by atoms with Crippen molar-refractivity contribution in [3.8, 4) is 0 Å². The van der Waals surface area contributed by atoms with Crippen molar-refractivity contribution < 1.29 is 9.59 Å². The van der Waals surface area contributed by atoms with Gasteiger partial charge in [0.2, 0.25) is 11.8 Å². The van der Waals surface area contributed by atoms with Crippen LogP contribution in [0.3, 0.4) is 0 Å². The summed E-state index contributed by atoms with van der Waals surface area (Å²) in [6.07, 6.45) is 7.77. The van der Waals surface area contributed by atoms with Gasteiger partial charge in [-0.1, -0.05) is 49.6 Å². The molecule has 5 heteroatoms. The smallest absolute Gasteiger partial charge is 0.240 e. The summed E-state index contributed by atoms with van der Waals surface area (Å²) in [6, 6.07) is 10.2. The molecule has 2 aliphatic heterocycles. The van der Waals surface area contributed by atoms with Crippen LogP contribution in [0.5, 0.6) is 0 Å². The Hall–Kier alpha value is -1.88. The number of amides is 2. The maximum Gasteiger partial charge on any atom is 0.240 e. The normalized spacial score (nSPS) is 24.7. The second kappa shape index (κ2) is 9.08. The molecule has 1 unspecified atom stereocenters. The molecule has 0 aromatic heterocycles. The van der Waals surface area contributed by atoms with E-state index in [1.165, 1.54) is 37.7 Å². The first-order valence-corrected chi connectivity index (χ1v) is 11.1. The van der Waals surface area contributed by atoms with Gasteiger partial charge in [0.25, 0.3) is 0 Å². The van der Waals surface area contributed by atoms with E-state index >= 15 is 0 Å². The Labute approximate surface area is 168 Å². The van der Waals surface area contributed by atoms with Crippen molar-refractivity contribution in [3.05, 3.63) is 35.9 Å². The molecule has 5 nitrogen and oxygen atoms in total. The van der Waals surface area contributed by atoms with E-state index in [-0.39, 0.29) is 11.9 Å². The van der Waals surface area contributed by atoms with Gasteiger partial charge in [-0.15, -0.1) is 0 Å². The summed E-state index contributed by atoms with van der Waals surface area (Å²) in [5.74, 6) is 1.12. The minimum absolute atomic E-state index is 0.0649. The summed E-state index contributed by atoms with van der Waals surface area (Å²) in [6.45, 7) is 4.69. The highest BCUT2D eigenvalue weighted by atomic mass is 16.2. The van der Waals surface area contributed by atoms with E-state index in [4.69, 9.17) is 0 Å². The fourth-order valence-electron chi connectivity index (χ4n) is 5.07. The van der Waals surface area contributed by atoms with Crippen molar-refractivity contribution in [2.75, 3.05) is 32.7 Å². The summed E-state index contributed by atoms with van der Waals surface area (Å²) in [7, 11) is 0. The first-order chi connectivity index (χ1) is 13.7. The molecule has 1 saturated carbocycles. The summed E-state index contributed by atoms with van der Waals surface area (Å²) < 4.78 is 0. The van der Waals surface area contributed by atoms with Crippen LogP contribution in [0.4, 0.5) is 0 Å². The van der Waals surface area contributed by atoms with E-state index in [0.29, 0.717) is 24.8 Å². The topological polar surface area (TPSA) is 43.9 Å². The lowest BCUT2D eigenvalue weighted by Crippen LogP contribution is -2.56. The van der Waals surface area contributed by atoms with Crippen LogP contribution in [0.25, 0.3) is 0 Å². The Bertz CT molecular complexity index is 672. The van der Waals surface area contributed by atoms with Crippen LogP contribution in [-0.4, -0.2) is 65.3 Å². The van der Waals surface area contributed by atoms with Crippen molar-refractivity contribution in [1.29, 1.82) is 0 Å². The lowest BCUT2D eigenvalue weighted by molar-refractivity contribution is -0.142. The zero-order valence-corrected chi connectivity index (χ0v) is 16.9. The van der Waals surface area contributed by atoms with E-state index in [1.54, 1.807) is 0 Å². The number of rotatable bonds is 4. The summed E-state index contributed by atoms with van der Waals surface area (Å²) in [5, 5.41) is 0. The summed E-state index contributed by atoms with van der Waals surface area (Å²) >= 11 is 0. The van der Waals surface area contributed by atoms with Crippen molar-refractivity contribution in [2.24, 2.45) is 5.92 Å². The average Bonchev–Trinajstić information content (AvgIpc) is 2.95. The van der Waals surface area contributed by atoms with E-state index in [0.717, 1.165) is 39.1 Å². The fraction of sp³-hybridized carbons (Fsp3) is 0.652. The Morgan fingerprint density at radius 1 is 0.893 bits per heavy atom. The Morgan fingerprint density at radius 3 is 2.43 bits per heavy atom. The van der Waals surface area contributed by atoms with Gasteiger partial charge < -0.3 is 9.80 Å². The lowest BCUT2D eigenvalue weighted by Gasteiger charge is -2.39. The SMILES string of the molecule is O=C(CC1CCCCC1)N1CCC2C(=O)N(Cc3ccccc3)CCN2CC1. The third-order valence-electron chi connectivity index (χ3n) is 6.78. The number of benzene rings is 1. The number of nitrogens with zero attached hydrogens (tertiary/aromatic N) is 3. The highest BCUT2D eigenvalue weighted by Crippen LogP contribution is 2.27. The summed E-state index contributed by atoms with van der Waals surface area (Å²) in [4.78, 5) is 32.2. The first-order valence-electron chi connectivity index (χ1n) is 11.1. The molecule has 1 atom stereocenters. The minimum atomic E-state index is -0.0649. The molecule has 2 heterocycles. The van der Waals surface area contributed by atoms with Gasteiger partial charge in [0.15, 0.2) is 0 Å². The van der Waals surface area contributed by atoms with Gasteiger partial charge in [-0.3, -0.25) is 14.5 Å². The zero-order chi connectivity index (χ0) is 19.3. The zero-order valence-electron chi connectivity index (χ0n) is 16.9. The van der Waals surface area contributed by atoms with Gasteiger partial charge in [0.05, 0.1) is 6.04 Å². The Balaban J connectivity index is 1.33. The molecule has 4 rings (SSSR count). The Morgan fingerprint density at radius 2 is 1.64 bits per heavy atom. The van der Waals surface area contributed by atoms with Crippen molar-refractivity contribution in [3.63, 3.8) is 0 Å². The average molecular weight is 384 g/mol. The molecule has 1 aromatic carbocycles. The molecule has 2 saturated heterocycles. The van der Waals surface area contributed by atoms with E-state index in [1.807, 2.05) is 28.0 Å². The van der Waals surface area contributed by atoms with Gasteiger partial charge in [-0.05, 0) is 30.7 Å². The second-order valence-electron chi connectivity index (χ2n) is 8.67. The van der Waals surface area contributed by atoms with Gasteiger partial charge in [-0.2, -0.15) is 0 Å². The monoisotopic (exact) mass is 383 g/mol. The van der Waals surface area contributed by atoms with Crippen LogP contribution in [0.2, 0.25) is 0 Å². The second-order valence-corrected chi connectivity index (χ2v) is 8.67. The standard InChI is InChI=1S/C23H33N3O2/c27-22(17-19-7-3-1-4-8-19)25-12-11-21-23(28)26(16-14-24(21)13-15-25)18-20-9-5-2-6-10-20/h2,5-6,9-10,19,21H,1,3-4,7-8,11-18H2. The van der Waals surface area contributed by atoms with E-state index < -0.39 is 0 Å². The molecule has 1 aromatic rings. The molecule has 2 amide bonds. The van der Waals surface area contributed by atoms with E-state index in [9.17, 15) is 9.59 Å². The molecule has 152 valence electrons. The van der Waals surface area contributed by atoms with Crippen molar-refractivity contribution >= 4 is 11.8 Å². The lowest BCUT2D eigenvalue weighted by atomic mass is 9.86. The van der Waals surface area contributed by atoms with E-state index in [2.05, 4.69) is 17.0 Å². The molecular weight excluding hydrogens is 350 g/mol. The molecule has 28 heavy (non-hydrogen) atoms. The summed E-state index contributed by atoms with van der Waals surface area (Å²) in [5.41, 5.74) is 1.18. The van der Waals surface area contributed by atoms with Crippen LogP contribution in [0.15, 0.2) is 30.3 Å². The molecule has 0 radical (unpaired) electrons. The minimum Gasteiger partial charge on any atom is -0.341 e. The number of hydrogen-bond acceptors (Lipinski definition) is 3. The van der Waals surface area contributed by atoms with Crippen molar-refractivity contribution in [1.82, 2.24) is 14.7 Å². The van der Waals surface area contributed by atoms with Crippen LogP contribution in [0, 0.1) is 5.92 Å². The molecule has 1 aliphatic carbocycles. The molecule has 3 aliphatic rings. The highest BCUT2D eigenvalue weighted by molar-refractivity contribution is 5.83. The highest BCUT2D eigenvalue weighted by Gasteiger charge is 2.37. The predicted octanol–water partition coefficient (Wildman–Crippen LogP) is 2.90. The number of fused-ring (bicyclic) bond motifs is 1.